The smallest absolute Gasteiger partial charge is 0.432 e. The van der Waals surface area contributed by atoms with Gasteiger partial charge in [-0.1, -0.05) is 24.3 Å². The Bertz CT molecular complexity index is 979. The molecule has 2 aromatic carbocycles. The molecule has 0 amide bonds. The number of rotatable bonds is 10. The van der Waals surface area contributed by atoms with Crippen LogP contribution in [0.2, 0.25) is 0 Å². The number of benzene rings is 2. The SMILES string of the molecule is Cc1cccc(C(=O)OOOC(=O)OCCCOC(=O)OOOC(=O)c2cccc(C)c2C)c1C. The molecule has 188 valence electrons. The van der Waals surface area contributed by atoms with Gasteiger partial charge in [-0.2, -0.15) is 0 Å². The molecule has 12 heteroatoms. The molecule has 12 nitrogen and oxygen atoms in total. The van der Waals surface area contributed by atoms with E-state index >= 15 is 0 Å². The average Bonchev–Trinajstić information content (AvgIpc) is 2.82. The van der Waals surface area contributed by atoms with Crippen LogP contribution in [0, 0.1) is 27.7 Å². The van der Waals surface area contributed by atoms with Crippen molar-refractivity contribution in [1.82, 2.24) is 0 Å². The van der Waals surface area contributed by atoms with E-state index in [0.717, 1.165) is 11.1 Å². The second kappa shape index (κ2) is 13.5. The van der Waals surface area contributed by atoms with Crippen LogP contribution < -0.4 is 0 Å². The second-order valence-electron chi connectivity index (χ2n) is 7.09. The lowest BCUT2D eigenvalue weighted by Gasteiger charge is -2.07. The monoisotopic (exact) mass is 492 g/mol. The summed E-state index contributed by atoms with van der Waals surface area (Å²) in [6, 6.07) is 10.0. The Morgan fingerprint density at radius 3 is 1.40 bits per heavy atom. The molecule has 0 aliphatic carbocycles. The largest absolute Gasteiger partial charge is 0.543 e. The Morgan fingerprint density at radius 2 is 1.00 bits per heavy atom. The van der Waals surface area contributed by atoms with E-state index in [4.69, 9.17) is 0 Å². The minimum atomic E-state index is -1.29. The van der Waals surface area contributed by atoms with Crippen molar-refractivity contribution in [3.05, 3.63) is 69.8 Å². The lowest BCUT2D eigenvalue weighted by atomic mass is 10.0. The molecule has 0 aliphatic heterocycles. The lowest BCUT2D eigenvalue weighted by Crippen LogP contribution is -2.15. The summed E-state index contributed by atoms with van der Waals surface area (Å²) in [5.41, 5.74) is 3.61. The average molecular weight is 492 g/mol. The molecule has 0 aliphatic rings. The van der Waals surface area contributed by atoms with E-state index in [9.17, 15) is 19.2 Å². The summed E-state index contributed by atoms with van der Waals surface area (Å²) in [6.07, 6.45) is -2.53. The van der Waals surface area contributed by atoms with Crippen LogP contribution in [0.25, 0.3) is 0 Å². The fourth-order valence-electron chi connectivity index (χ4n) is 2.60. The predicted molar refractivity (Wildman–Crippen MR) is 114 cm³/mol. The summed E-state index contributed by atoms with van der Waals surface area (Å²) in [4.78, 5) is 63.7. The van der Waals surface area contributed by atoms with Crippen LogP contribution in [0.1, 0.15) is 49.4 Å². The topological polar surface area (TPSA) is 142 Å². The van der Waals surface area contributed by atoms with Gasteiger partial charge in [0, 0.05) is 6.42 Å². The Hall–Kier alpha value is -4.16. The van der Waals surface area contributed by atoms with Crippen molar-refractivity contribution in [2.45, 2.75) is 34.1 Å². The number of hydrogen-bond acceptors (Lipinski definition) is 12. The summed E-state index contributed by atoms with van der Waals surface area (Å²) < 4.78 is 9.25. The maximum Gasteiger partial charge on any atom is 0.543 e. The molecule has 0 saturated heterocycles. The highest BCUT2D eigenvalue weighted by Crippen LogP contribution is 2.15. The third-order valence-electron chi connectivity index (χ3n) is 4.80. The van der Waals surface area contributed by atoms with Crippen LogP contribution in [0.5, 0.6) is 0 Å². The molecule has 0 N–H and O–H groups in total. The summed E-state index contributed by atoms with van der Waals surface area (Å²) >= 11 is 0. The van der Waals surface area contributed by atoms with Crippen LogP contribution in [-0.4, -0.2) is 37.5 Å². The zero-order chi connectivity index (χ0) is 25.8. The van der Waals surface area contributed by atoms with Crippen LogP contribution >= 0.6 is 0 Å². The molecule has 0 aromatic heterocycles. The molecule has 35 heavy (non-hydrogen) atoms. The van der Waals surface area contributed by atoms with Gasteiger partial charge < -0.3 is 9.47 Å². The van der Waals surface area contributed by atoms with Gasteiger partial charge in [0.25, 0.3) is 0 Å². The summed E-state index contributed by atoms with van der Waals surface area (Å²) in [5, 5.41) is 8.25. The molecule has 0 bridgehead atoms. The fraction of sp³-hybridized carbons (Fsp3) is 0.304. The second-order valence-corrected chi connectivity index (χ2v) is 7.09. The van der Waals surface area contributed by atoms with E-state index in [2.05, 4.69) is 39.1 Å². The minimum Gasteiger partial charge on any atom is -0.432 e. The zero-order valence-electron chi connectivity index (χ0n) is 19.5. The molecule has 0 unspecified atom stereocenters. The number of aryl methyl sites for hydroxylation is 2. The maximum absolute atomic E-state index is 11.9. The van der Waals surface area contributed by atoms with Gasteiger partial charge >= 0.3 is 24.2 Å². The highest BCUT2D eigenvalue weighted by atomic mass is 17.5. The molecular formula is C23H24O12. The number of carbonyl (C=O) groups is 4. The van der Waals surface area contributed by atoms with Crippen molar-refractivity contribution in [3.63, 3.8) is 0 Å². The zero-order valence-corrected chi connectivity index (χ0v) is 19.5. The van der Waals surface area contributed by atoms with Crippen molar-refractivity contribution in [2.24, 2.45) is 0 Å². The van der Waals surface area contributed by atoms with E-state index in [1.807, 2.05) is 26.0 Å². The summed E-state index contributed by atoms with van der Waals surface area (Å²) in [5.74, 6) is -1.71. The van der Waals surface area contributed by atoms with Gasteiger partial charge in [-0.05, 0) is 62.1 Å². The van der Waals surface area contributed by atoms with Gasteiger partial charge in [-0.25, -0.2) is 29.0 Å². The van der Waals surface area contributed by atoms with E-state index in [0.29, 0.717) is 11.1 Å². The van der Waals surface area contributed by atoms with Gasteiger partial charge in [0.05, 0.1) is 34.4 Å². The third-order valence-corrected chi connectivity index (χ3v) is 4.80. The highest BCUT2D eigenvalue weighted by Gasteiger charge is 2.16. The predicted octanol–water partition coefficient (Wildman–Crippen LogP) is 4.32. The van der Waals surface area contributed by atoms with E-state index in [1.165, 1.54) is 12.1 Å². The molecule has 0 spiro atoms. The molecule has 0 saturated carbocycles. The Balaban J connectivity index is 1.53. The van der Waals surface area contributed by atoms with Crippen molar-refractivity contribution in [3.8, 4) is 0 Å². The maximum atomic E-state index is 11.9. The summed E-state index contributed by atoms with van der Waals surface area (Å²) in [6.45, 7) is 6.62. The Labute approximate surface area is 200 Å². The van der Waals surface area contributed by atoms with Crippen molar-refractivity contribution >= 4 is 24.2 Å². The molecular weight excluding hydrogens is 468 g/mol. The Kier molecular flexibility index (Phi) is 10.5. The van der Waals surface area contributed by atoms with E-state index < -0.39 is 24.2 Å². The lowest BCUT2D eigenvalue weighted by molar-refractivity contribution is -0.452. The normalized spacial score (nSPS) is 10.2. The number of hydrogen-bond donors (Lipinski definition) is 0. The van der Waals surface area contributed by atoms with Crippen LogP contribution in [0.15, 0.2) is 36.4 Å². The van der Waals surface area contributed by atoms with Gasteiger partial charge in [0.2, 0.25) is 0 Å². The third kappa shape index (κ3) is 8.61. The summed E-state index contributed by atoms with van der Waals surface area (Å²) in [7, 11) is 0. The molecule has 0 heterocycles. The van der Waals surface area contributed by atoms with Gasteiger partial charge in [-0.3, -0.25) is 9.78 Å². The molecule has 2 aromatic rings. The highest BCUT2D eigenvalue weighted by molar-refractivity contribution is 5.91. The van der Waals surface area contributed by atoms with Gasteiger partial charge in [0.1, 0.15) is 0 Å². The first-order valence-electron chi connectivity index (χ1n) is 10.3. The molecule has 0 atom stereocenters. The van der Waals surface area contributed by atoms with Gasteiger partial charge in [-0.15, -0.1) is 0 Å². The Morgan fingerprint density at radius 1 is 0.600 bits per heavy atom. The van der Waals surface area contributed by atoms with Crippen molar-refractivity contribution < 1.29 is 58.3 Å². The standard InChI is InChI=1S/C23H24O12/c1-14-8-5-10-18(16(14)3)20(24)30-34-32-22(26)28-12-7-13-29-23(27)33-35-31-21(25)19-11-6-9-15(2)17(19)4/h5-6,8-11H,7,12-13H2,1-4H3. The van der Waals surface area contributed by atoms with Crippen molar-refractivity contribution in [1.29, 1.82) is 0 Å². The quantitative estimate of drug-likeness (QED) is 0.202. The van der Waals surface area contributed by atoms with Crippen LogP contribution in [0.3, 0.4) is 0 Å². The first-order chi connectivity index (χ1) is 16.7. The van der Waals surface area contributed by atoms with E-state index in [1.54, 1.807) is 26.0 Å². The number of carbonyl (C=O) groups excluding carboxylic acids is 4. The molecule has 2 rings (SSSR count). The molecule has 0 radical (unpaired) electrons. The molecule has 0 fully saturated rings. The van der Waals surface area contributed by atoms with Crippen LogP contribution in [0.4, 0.5) is 9.59 Å². The number of ether oxygens (including phenoxy) is 2. The fourth-order valence-corrected chi connectivity index (χ4v) is 2.60. The first-order valence-corrected chi connectivity index (χ1v) is 10.3. The van der Waals surface area contributed by atoms with Crippen molar-refractivity contribution in [2.75, 3.05) is 13.2 Å². The van der Waals surface area contributed by atoms with E-state index in [-0.39, 0.29) is 30.8 Å². The van der Waals surface area contributed by atoms with Crippen LogP contribution in [-0.2, 0) is 39.1 Å². The minimum absolute atomic E-state index is 0.0503. The van der Waals surface area contributed by atoms with Gasteiger partial charge in [0.15, 0.2) is 0 Å². The first kappa shape index (κ1) is 27.1.